The van der Waals surface area contributed by atoms with Gasteiger partial charge in [0.15, 0.2) is 11.0 Å². The van der Waals surface area contributed by atoms with Crippen molar-refractivity contribution in [1.29, 1.82) is 0 Å². The fourth-order valence-electron chi connectivity index (χ4n) is 1.79. The van der Waals surface area contributed by atoms with Gasteiger partial charge in [0.2, 0.25) is 0 Å². The number of aromatic nitrogens is 3. The Morgan fingerprint density at radius 2 is 2.37 bits per heavy atom. The predicted octanol–water partition coefficient (Wildman–Crippen LogP) is 3.28. The number of thiophene rings is 1. The van der Waals surface area contributed by atoms with Gasteiger partial charge in [0.05, 0.1) is 9.54 Å². The summed E-state index contributed by atoms with van der Waals surface area (Å²) in [6, 6.07) is 2.43. The number of carbonyl (C=O) groups is 1. The summed E-state index contributed by atoms with van der Waals surface area (Å²) >= 11 is 6.27. The average Bonchev–Trinajstić information content (AvgIpc) is 2.97. The van der Waals surface area contributed by atoms with Crippen LogP contribution in [0.1, 0.15) is 18.9 Å². The summed E-state index contributed by atoms with van der Waals surface area (Å²) < 4.78 is 3.12. The lowest BCUT2D eigenvalue weighted by Gasteiger charge is -2.06. The highest BCUT2D eigenvalue weighted by molar-refractivity contribution is 9.11. The van der Waals surface area contributed by atoms with Gasteiger partial charge in [-0.3, -0.25) is 9.36 Å². The van der Waals surface area contributed by atoms with Crippen molar-refractivity contribution in [2.24, 2.45) is 0 Å². The molecule has 0 bridgehead atoms. The molecule has 0 aliphatic heterocycles. The summed E-state index contributed by atoms with van der Waals surface area (Å²) in [5.41, 5.74) is 1.03. The van der Waals surface area contributed by atoms with E-state index < -0.39 is 5.97 Å². The maximum atomic E-state index is 10.7. The van der Waals surface area contributed by atoms with E-state index in [2.05, 4.69) is 30.7 Å². The lowest BCUT2D eigenvalue weighted by Crippen LogP contribution is -2.03. The Bertz CT molecular complexity index is 621. The van der Waals surface area contributed by atoms with Crippen molar-refractivity contribution in [2.45, 2.75) is 24.0 Å². The zero-order chi connectivity index (χ0) is 13.4. The molecule has 0 atom stereocenters. The molecule has 8 heteroatoms. The molecular formula is C11H10BrN3O2S2. The van der Waals surface area contributed by atoms with Crippen LogP contribution in [0.4, 0.5) is 0 Å². The minimum atomic E-state index is -0.838. The maximum absolute atomic E-state index is 10.7. The molecular weight excluding hydrogens is 350 g/mol. The molecule has 0 amide bonds. The first-order chi connectivity index (χ1) is 9.15. The second kappa shape index (κ2) is 5.26. The number of nitrogens with zero attached hydrogens (tertiary/aromatic N) is 3. The molecule has 0 radical (unpaired) electrons. The van der Waals surface area contributed by atoms with E-state index in [-0.39, 0.29) is 5.75 Å². The standard InChI is InChI=1S/C11H10BrN3O2S2/c12-8-3-6(4-18-8)10-13-14-11(19-5-9(16)17)15(10)7-1-2-7/h3-4,7H,1-2,5H2,(H,16,17). The van der Waals surface area contributed by atoms with E-state index >= 15 is 0 Å². The smallest absolute Gasteiger partial charge is 0.313 e. The monoisotopic (exact) mass is 359 g/mol. The van der Waals surface area contributed by atoms with Crippen LogP contribution < -0.4 is 0 Å². The number of halogens is 1. The van der Waals surface area contributed by atoms with Crippen molar-refractivity contribution in [1.82, 2.24) is 14.8 Å². The van der Waals surface area contributed by atoms with Crippen LogP contribution in [0.2, 0.25) is 0 Å². The van der Waals surface area contributed by atoms with E-state index in [1.165, 1.54) is 11.8 Å². The van der Waals surface area contributed by atoms with Crippen molar-refractivity contribution >= 4 is 45.0 Å². The van der Waals surface area contributed by atoms with E-state index in [1.807, 2.05) is 11.4 Å². The summed E-state index contributed by atoms with van der Waals surface area (Å²) in [6.45, 7) is 0. The Labute approximate surface area is 126 Å². The number of carboxylic acid groups (broad SMARTS) is 1. The molecule has 2 aromatic rings. The number of thioether (sulfide) groups is 1. The molecule has 1 N–H and O–H groups in total. The number of carboxylic acids is 1. The van der Waals surface area contributed by atoms with Gasteiger partial charge in [-0.2, -0.15) is 0 Å². The predicted molar refractivity (Wildman–Crippen MR) is 77.7 cm³/mol. The summed E-state index contributed by atoms with van der Waals surface area (Å²) in [4.78, 5) is 10.7. The zero-order valence-electron chi connectivity index (χ0n) is 9.74. The third-order valence-electron chi connectivity index (χ3n) is 2.73. The number of hydrogen-bond acceptors (Lipinski definition) is 5. The van der Waals surface area contributed by atoms with Crippen molar-refractivity contribution in [2.75, 3.05) is 5.75 Å². The van der Waals surface area contributed by atoms with Crippen LogP contribution >= 0.6 is 39.0 Å². The van der Waals surface area contributed by atoms with E-state index in [4.69, 9.17) is 5.11 Å². The molecule has 1 aliphatic carbocycles. The third-order valence-corrected chi connectivity index (χ3v) is 5.16. The van der Waals surface area contributed by atoms with Gasteiger partial charge in [-0.15, -0.1) is 21.5 Å². The van der Waals surface area contributed by atoms with Gasteiger partial charge in [0.25, 0.3) is 0 Å². The minimum absolute atomic E-state index is 0.0121. The summed E-state index contributed by atoms with van der Waals surface area (Å²) in [5.74, 6) is 0.00516. The topological polar surface area (TPSA) is 68.0 Å². The average molecular weight is 360 g/mol. The molecule has 1 aliphatic rings. The highest BCUT2D eigenvalue weighted by Gasteiger charge is 2.30. The SMILES string of the molecule is O=C(O)CSc1nnc(-c2csc(Br)c2)n1C1CC1. The summed E-state index contributed by atoms with van der Waals surface area (Å²) in [6.07, 6.45) is 2.22. The Morgan fingerprint density at radius 3 is 2.95 bits per heavy atom. The highest BCUT2D eigenvalue weighted by atomic mass is 79.9. The normalized spacial score (nSPS) is 14.8. The van der Waals surface area contributed by atoms with Crippen LogP contribution in [0, 0.1) is 0 Å². The van der Waals surface area contributed by atoms with Gasteiger partial charge in [-0.25, -0.2) is 0 Å². The zero-order valence-corrected chi connectivity index (χ0v) is 13.0. The van der Waals surface area contributed by atoms with E-state index in [1.54, 1.807) is 11.3 Å². The Hall–Kier alpha value is -0.860. The Balaban J connectivity index is 1.94. The first-order valence-corrected chi connectivity index (χ1v) is 8.35. The second-order valence-corrected chi connectivity index (χ2v) is 7.46. The molecule has 1 fully saturated rings. The highest BCUT2D eigenvalue weighted by Crippen LogP contribution is 2.41. The maximum Gasteiger partial charge on any atom is 0.313 e. The van der Waals surface area contributed by atoms with E-state index in [0.717, 1.165) is 28.0 Å². The van der Waals surface area contributed by atoms with Crippen molar-refractivity contribution in [3.05, 3.63) is 15.2 Å². The van der Waals surface area contributed by atoms with Crippen LogP contribution in [0.3, 0.4) is 0 Å². The minimum Gasteiger partial charge on any atom is -0.481 e. The molecule has 0 spiro atoms. The van der Waals surface area contributed by atoms with Crippen LogP contribution in [0.25, 0.3) is 11.4 Å². The molecule has 2 heterocycles. The van der Waals surface area contributed by atoms with Crippen molar-refractivity contribution < 1.29 is 9.90 Å². The summed E-state index contributed by atoms with van der Waals surface area (Å²) in [7, 11) is 0. The van der Waals surface area contributed by atoms with Crippen LogP contribution in [0.15, 0.2) is 20.4 Å². The van der Waals surface area contributed by atoms with Gasteiger partial charge in [-0.05, 0) is 34.8 Å². The molecule has 3 rings (SSSR count). The Kier molecular flexibility index (Phi) is 3.64. The largest absolute Gasteiger partial charge is 0.481 e. The first kappa shape index (κ1) is 13.1. The van der Waals surface area contributed by atoms with Gasteiger partial charge in [0, 0.05) is 17.0 Å². The van der Waals surface area contributed by atoms with Crippen LogP contribution in [-0.2, 0) is 4.79 Å². The lowest BCUT2D eigenvalue weighted by atomic mass is 10.3. The summed E-state index contributed by atoms with van der Waals surface area (Å²) in [5, 5.41) is 19.8. The molecule has 5 nitrogen and oxygen atoms in total. The first-order valence-electron chi connectivity index (χ1n) is 5.69. The van der Waals surface area contributed by atoms with Gasteiger partial charge in [0.1, 0.15) is 0 Å². The van der Waals surface area contributed by atoms with Gasteiger partial charge in [-0.1, -0.05) is 11.8 Å². The fraction of sp³-hybridized carbons (Fsp3) is 0.364. The number of rotatable bonds is 5. The molecule has 19 heavy (non-hydrogen) atoms. The van der Waals surface area contributed by atoms with E-state index in [0.29, 0.717) is 11.2 Å². The quantitative estimate of drug-likeness (QED) is 0.829. The molecule has 100 valence electrons. The fourth-order valence-corrected chi connectivity index (χ4v) is 3.65. The Morgan fingerprint density at radius 1 is 1.58 bits per heavy atom. The van der Waals surface area contributed by atoms with Crippen LogP contribution in [0.5, 0.6) is 0 Å². The van der Waals surface area contributed by atoms with Crippen molar-refractivity contribution in [3.63, 3.8) is 0 Å². The van der Waals surface area contributed by atoms with Gasteiger partial charge < -0.3 is 5.11 Å². The number of aliphatic carboxylic acids is 1. The molecule has 1 saturated carbocycles. The van der Waals surface area contributed by atoms with Gasteiger partial charge >= 0.3 is 5.97 Å². The molecule has 2 aromatic heterocycles. The van der Waals surface area contributed by atoms with Crippen molar-refractivity contribution in [3.8, 4) is 11.4 Å². The number of hydrogen-bond donors (Lipinski definition) is 1. The van der Waals surface area contributed by atoms with E-state index in [9.17, 15) is 4.79 Å². The lowest BCUT2D eigenvalue weighted by molar-refractivity contribution is -0.133. The third kappa shape index (κ3) is 2.85. The van der Waals surface area contributed by atoms with Crippen LogP contribution in [-0.4, -0.2) is 31.6 Å². The molecule has 0 unspecified atom stereocenters. The second-order valence-electron chi connectivity index (χ2n) is 4.23. The molecule has 0 aromatic carbocycles. The molecule has 0 saturated heterocycles.